The highest BCUT2D eigenvalue weighted by atomic mass is 32.2. The van der Waals surface area contributed by atoms with E-state index in [0.29, 0.717) is 24.4 Å². The van der Waals surface area contributed by atoms with E-state index in [0.717, 1.165) is 54.4 Å². The quantitative estimate of drug-likeness (QED) is 0.187. The second-order valence-electron chi connectivity index (χ2n) is 12.3. The number of anilines is 1. The van der Waals surface area contributed by atoms with E-state index in [1.165, 1.54) is 6.42 Å². The molecule has 0 heterocycles. The molecule has 0 fully saturated rings. The summed E-state index contributed by atoms with van der Waals surface area (Å²) in [4.78, 5) is 43.3. The van der Waals surface area contributed by atoms with E-state index in [-0.39, 0.29) is 11.8 Å². The number of aryl methyl sites for hydroxylation is 3. The Morgan fingerprint density at radius 1 is 0.930 bits per heavy atom. The molecule has 0 bridgehead atoms. The Morgan fingerprint density at radius 2 is 1.60 bits per heavy atom. The summed E-state index contributed by atoms with van der Waals surface area (Å²) in [6.07, 6.45) is 8.03. The third kappa shape index (κ3) is 12.3. The lowest BCUT2D eigenvalue weighted by Gasteiger charge is -2.35. The van der Waals surface area contributed by atoms with Crippen molar-refractivity contribution in [2.45, 2.75) is 111 Å². The minimum Gasteiger partial charge on any atom is -0.444 e. The molecule has 8 heteroatoms. The SMILES string of the molecule is CCCCCCCCN(C(=O)C(CCSC)NC(=O)OC(C)(C)C)C(C(=O)Nc1ccccc1C)c1ccc(C)cc1C. The fourth-order valence-corrected chi connectivity index (χ4v) is 5.54. The zero-order chi connectivity index (χ0) is 32.0. The zero-order valence-electron chi connectivity index (χ0n) is 27.5. The van der Waals surface area contributed by atoms with Gasteiger partial charge in [-0.1, -0.05) is 81.0 Å². The molecule has 7 nitrogen and oxygen atoms in total. The van der Waals surface area contributed by atoms with Crippen LogP contribution >= 0.6 is 11.8 Å². The van der Waals surface area contributed by atoms with E-state index in [9.17, 15) is 14.4 Å². The summed E-state index contributed by atoms with van der Waals surface area (Å²) in [5.74, 6) is 0.112. The molecular formula is C35H53N3O4S. The number of nitrogens with one attached hydrogen (secondary N) is 2. The van der Waals surface area contributed by atoms with Crippen LogP contribution in [0.1, 0.15) is 101 Å². The molecule has 2 aromatic carbocycles. The highest BCUT2D eigenvalue weighted by Gasteiger charge is 2.36. The second-order valence-corrected chi connectivity index (χ2v) is 13.3. The van der Waals surface area contributed by atoms with Crippen molar-refractivity contribution in [2.75, 3.05) is 23.9 Å². The summed E-state index contributed by atoms with van der Waals surface area (Å²) < 4.78 is 5.52. The van der Waals surface area contributed by atoms with Crippen molar-refractivity contribution >= 4 is 35.4 Å². The maximum Gasteiger partial charge on any atom is 0.408 e. The summed E-state index contributed by atoms with van der Waals surface area (Å²) in [6.45, 7) is 13.9. The smallest absolute Gasteiger partial charge is 0.408 e. The average Bonchev–Trinajstić information content (AvgIpc) is 2.93. The molecule has 0 saturated heterocycles. The van der Waals surface area contributed by atoms with E-state index >= 15 is 0 Å². The van der Waals surface area contributed by atoms with Crippen LogP contribution in [0.2, 0.25) is 0 Å². The molecule has 0 saturated carbocycles. The number of thioether (sulfide) groups is 1. The van der Waals surface area contributed by atoms with Crippen molar-refractivity contribution in [2.24, 2.45) is 0 Å². The van der Waals surface area contributed by atoms with Gasteiger partial charge in [0, 0.05) is 12.2 Å². The molecule has 2 aromatic rings. The molecule has 43 heavy (non-hydrogen) atoms. The van der Waals surface area contributed by atoms with Crippen molar-refractivity contribution in [3.05, 3.63) is 64.7 Å². The highest BCUT2D eigenvalue weighted by Crippen LogP contribution is 2.29. The Morgan fingerprint density at radius 3 is 2.23 bits per heavy atom. The number of alkyl carbamates (subject to hydrolysis) is 1. The molecule has 3 amide bonds. The van der Waals surface area contributed by atoms with Gasteiger partial charge in [-0.15, -0.1) is 0 Å². The molecular weight excluding hydrogens is 558 g/mol. The van der Waals surface area contributed by atoms with Crippen molar-refractivity contribution in [3.63, 3.8) is 0 Å². The molecule has 2 atom stereocenters. The minimum absolute atomic E-state index is 0.276. The van der Waals surface area contributed by atoms with Gasteiger partial charge in [-0.05, 0) is 89.1 Å². The van der Waals surface area contributed by atoms with Gasteiger partial charge >= 0.3 is 6.09 Å². The van der Waals surface area contributed by atoms with Gasteiger partial charge in [0.05, 0.1) is 0 Å². The van der Waals surface area contributed by atoms with Gasteiger partial charge in [0.15, 0.2) is 0 Å². The van der Waals surface area contributed by atoms with Crippen molar-refractivity contribution in [1.29, 1.82) is 0 Å². The van der Waals surface area contributed by atoms with E-state index in [2.05, 4.69) is 17.6 Å². The van der Waals surface area contributed by atoms with Crippen LogP contribution in [-0.2, 0) is 14.3 Å². The lowest BCUT2D eigenvalue weighted by atomic mass is 9.95. The lowest BCUT2D eigenvalue weighted by Crippen LogP contribution is -2.53. The first-order valence-electron chi connectivity index (χ1n) is 15.6. The Bertz CT molecular complexity index is 1190. The van der Waals surface area contributed by atoms with Crippen LogP contribution in [0.4, 0.5) is 10.5 Å². The monoisotopic (exact) mass is 611 g/mol. The molecule has 0 aromatic heterocycles. The summed E-state index contributed by atoms with van der Waals surface area (Å²) in [7, 11) is 0. The minimum atomic E-state index is -0.874. The number of carbonyl (C=O) groups is 3. The number of carbonyl (C=O) groups excluding carboxylic acids is 3. The molecule has 0 aliphatic rings. The second kappa shape index (κ2) is 18.0. The van der Waals surface area contributed by atoms with Crippen LogP contribution in [0.25, 0.3) is 0 Å². The number of ether oxygens (including phenoxy) is 1. The average molecular weight is 612 g/mol. The summed E-state index contributed by atoms with van der Waals surface area (Å²) in [6, 6.07) is 11.9. The first kappa shape index (κ1) is 36.2. The zero-order valence-corrected chi connectivity index (χ0v) is 28.4. The Kier molecular flexibility index (Phi) is 15.1. The van der Waals surface area contributed by atoms with Crippen LogP contribution in [0.15, 0.2) is 42.5 Å². The third-order valence-electron chi connectivity index (χ3n) is 7.32. The topological polar surface area (TPSA) is 87.7 Å². The normalized spacial score (nSPS) is 12.7. The molecule has 238 valence electrons. The maximum atomic E-state index is 14.5. The number of para-hydroxylation sites is 1. The van der Waals surface area contributed by atoms with Crippen molar-refractivity contribution in [3.8, 4) is 0 Å². The summed E-state index contributed by atoms with van der Waals surface area (Å²) >= 11 is 1.60. The highest BCUT2D eigenvalue weighted by molar-refractivity contribution is 7.98. The van der Waals surface area contributed by atoms with E-state index in [1.807, 2.05) is 69.5 Å². The Balaban J connectivity index is 2.55. The fraction of sp³-hybridized carbons (Fsp3) is 0.571. The third-order valence-corrected chi connectivity index (χ3v) is 7.96. The van der Waals surface area contributed by atoms with Gasteiger partial charge in [-0.2, -0.15) is 11.8 Å². The van der Waals surface area contributed by atoms with Crippen LogP contribution < -0.4 is 10.6 Å². The number of hydrogen-bond acceptors (Lipinski definition) is 5. The molecule has 0 spiro atoms. The van der Waals surface area contributed by atoms with Gasteiger partial charge in [0.2, 0.25) is 5.91 Å². The molecule has 2 unspecified atom stereocenters. The number of rotatable bonds is 16. The predicted octanol–water partition coefficient (Wildman–Crippen LogP) is 8.13. The number of amides is 3. The standard InChI is InChI=1S/C35H53N3O4S/c1-9-10-11-12-13-16-22-38(33(40)30(21-23-43-8)37-34(41)42-35(5,6)7)31(28-20-19-25(2)24-27(28)4)32(39)36-29-18-15-14-17-26(29)3/h14-15,17-20,24,30-31H,9-13,16,21-23H2,1-8H3,(H,36,39)(H,37,41). The van der Waals surface area contributed by atoms with Gasteiger partial charge in [0.1, 0.15) is 17.7 Å². The van der Waals surface area contributed by atoms with E-state index < -0.39 is 23.8 Å². The number of unbranched alkanes of at least 4 members (excludes halogenated alkanes) is 5. The maximum absolute atomic E-state index is 14.5. The largest absolute Gasteiger partial charge is 0.444 e. The van der Waals surface area contributed by atoms with Crippen LogP contribution in [0.3, 0.4) is 0 Å². The van der Waals surface area contributed by atoms with Crippen molar-refractivity contribution in [1.82, 2.24) is 10.2 Å². The Hall–Kier alpha value is -3.00. The van der Waals surface area contributed by atoms with Gasteiger partial charge < -0.3 is 20.3 Å². The van der Waals surface area contributed by atoms with Crippen LogP contribution in [-0.4, -0.2) is 53.0 Å². The lowest BCUT2D eigenvalue weighted by molar-refractivity contribution is -0.141. The number of hydrogen-bond donors (Lipinski definition) is 2. The van der Waals surface area contributed by atoms with E-state index in [4.69, 9.17) is 4.74 Å². The fourth-order valence-electron chi connectivity index (χ4n) is 5.07. The number of benzene rings is 2. The van der Waals surface area contributed by atoms with Crippen LogP contribution in [0.5, 0.6) is 0 Å². The summed E-state index contributed by atoms with van der Waals surface area (Å²) in [5, 5.41) is 5.95. The first-order chi connectivity index (χ1) is 20.4. The van der Waals surface area contributed by atoms with Crippen molar-refractivity contribution < 1.29 is 19.1 Å². The predicted molar refractivity (Wildman–Crippen MR) is 180 cm³/mol. The molecule has 2 N–H and O–H groups in total. The molecule has 0 aliphatic heterocycles. The van der Waals surface area contributed by atoms with Crippen LogP contribution in [0, 0.1) is 20.8 Å². The Labute approximate surface area is 263 Å². The molecule has 2 rings (SSSR count). The first-order valence-corrected chi connectivity index (χ1v) is 17.0. The molecule has 0 aliphatic carbocycles. The van der Waals surface area contributed by atoms with Gasteiger partial charge in [-0.3, -0.25) is 9.59 Å². The summed E-state index contributed by atoms with van der Waals surface area (Å²) in [5.41, 5.74) is 3.74. The van der Waals surface area contributed by atoms with Gasteiger partial charge in [0.25, 0.3) is 5.91 Å². The number of nitrogens with zero attached hydrogens (tertiary/aromatic N) is 1. The molecule has 0 radical (unpaired) electrons. The van der Waals surface area contributed by atoms with Gasteiger partial charge in [-0.25, -0.2) is 4.79 Å². The van der Waals surface area contributed by atoms with E-state index in [1.54, 1.807) is 37.4 Å².